The summed E-state index contributed by atoms with van der Waals surface area (Å²) in [4.78, 5) is 10.9. The standard InChI is InChI=1S/C10H21O5P/c1-8(2)14-16(13,15-9(3)4)6-5-10(12)7-11/h8-9,11H,5-7H2,1-4H3. The monoisotopic (exact) mass is 252 g/mol. The minimum absolute atomic E-state index is 0.00716. The Morgan fingerprint density at radius 1 is 1.19 bits per heavy atom. The van der Waals surface area contributed by atoms with Crippen molar-refractivity contribution >= 4 is 13.4 Å². The lowest BCUT2D eigenvalue weighted by atomic mass is 10.3. The van der Waals surface area contributed by atoms with E-state index in [0.29, 0.717) is 0 Å². The first-order valence-electron chi connectivity index (χ1n) is 5.37. The summed E-state index contributed by atoms with van der Waals surface area (Å²) in [5, 5.41) is 8.57. The molecule has 0 aliphatic heterocycles. The highest BCUT2D eigenvalue weighted by Crippen LogP contribution is 2.50. The lowest BCUT2D eigenvalue weighted by Crippen LogP contribution is -2.13. The molecule has 0 heterocycles. The van der Waals surface area contributed by atoms with E-state index in [1.807, 2.05) is 0 Å². The van der Waals surface area contributed by atoms with E-state index >= 15 is 0 Å². The number of carbonyl (C=O) groups is 1. The number of rotatable bonds is 8. The van der Waals surface area contributed by atoms with Crippen LogP contribution in [0, 0.1) is 0 Å². The van der Waals surface area contributed by atoms with Crippen LogP contribution in [0.3, 0.4) is 0 Å². The molecule has 0 spiro atoms. The molecule has 1 N–H and O–H groups in total. The molecule has 0 aromatic heterocycles. The average molecular weight is 252 g/mol. The van der Waals surface area contributed by atoms with Gasteiger partial charge in [-0.2, -0.15) is 0 Å². The Hall–Kier alpha value is -0.220. The zero-order valence-corrected chi connectivity index (χ0v) is 11.2. The predicted octanol–water partition coefficient (Wildman–Crippen LogP) is 1.98. The van der Waals surface area contributed by atoms with Gasteiger partial charge in [-0.1, -0.05) is 0 Å². The second kappa shape index (κ2) is 7.17. The summed E-state index contributed by atoms with van der Waals surface area (Å²) in [7, 11) is -3.23. The summed E-state index contributed by atoms with van der Waals surface area (Å²) in [6.07, 6.45) is -0.432. The summed E-state index contributed by atoms with van der Waals surface area (Å²) in [6.45, 7) is 6.48. The molecule has 0 saturated carbocycles. The molecule has 0 bridgehead atoms. The lowest BCUT2D eigenvalue weighted by molar-refractivity contribution is -0.121. The van der Waals surface area contributed by atoms with Crippen molar-refractivity contribution in [2.45, 2.75) is 46.3 Å². The van der Waals surface area contributed by atoms with Gasteiger partial charge in [-0.3, -0.25) is 9.36 Å². The zero-order chi connectivity index (χ0) is 12.8. The van der Waals surface area contributed by atoms with Gasteiger partial charge in [0.05, 0.1) is 18.4 Å². The van der Waals surface area contributed by atoms with E-state index in [9.17, 15) is 9.36 Å². The number of ketones is 1. The SMILES string of the molecule is CC(C)OP(=O)(CCC(=O)CO)OC(C)C. The smallest absolute Gasteiger partial charge is 0.331 e. The quantitative estimate of drug-likeness (QED) is 0.669. The Balaban J connectivity index is 4.41. The molecule has 0 aromatic carbocycles. The van der Waals surface area contributed by atoms with Crippen LogP contribution >= 0.6 is 7.60 Å². The van der Waals surface area contributed by atoms with E-state index in [4.69, 9.17) is 14.2 Å². The highest BCUT2D eigenvalue weighted by Gasteiger charge is 2.28. The maximum Gasteiger partial charge on any atom is 0.331 e. The van der Waals surface area contributed by atoms with Gasteiger partial charge in [-0.15, -0.1) is 0 Å². The fourth-order valence-electron chi connectivity index (χ4n) is 1.11. The van der Waals surface area contributed by atoms with E-state index in [1.165, 1.54) is 0 Å². The normalized spacial score (nSPS) is 12.4. The van der Waals surface area contributed by atoms with Crippen molar-refractivity contribution in [1.29, 1.82) is 0 Å². The van der Waals surface area contributed by atoms with Crippen LogP contribution in [0.4, 0.5) is 0 Å². The van der Waals surface area contributed by atoms with Gasteiger partial charge in [-0.25, -0.2) is 0 Å². The van der Waals surface area contributed by atoms with E-state index in [2.05, 4.69) is 0 Å². The van der Waals surface area contributed by atoms with Gasteiger partial charge in [0.1, 0.15) is 6.61 Å². The fraction of sp³-hybridized carbons (Fsp3) is 0.900. The summed E-state index contributed by atoms with van der Waals surface area (Å²) < 4.78 is 22.7. The number of Topliss-reactive ketones (excluding diaryl/α,β-unsaturated/α-hetero) is 1. The summed E-state index contributed by atoms with van der Waals surface area (Å²) in [6, 6.07) is 0. The molecule has 16 heavy (non-hydrogen) atoms. The molecular formula is C10H21O5P. The molecule has 0 aliphatic rings. The molecule has 0 atom stereocenters. The third kappa shape index (κ3) is 7.12. The van der Waals surface area contributed by atoms with Crippen molar-refractivity contribution in [3.63, 3.8) is 0 Å². The Kier molecular flexibility index (Phi) is 7.07. The van der Waals surface area contributed by atoms with E-state index in [-0.39, 0.29) is 30.6 Å². The van der Waals surface area contributed by atoms with Crippen molar-refractivity contribution in [3.8, 4) is 0 Å². The number of aliphatic hydroxyl groups is 1. The molecule has 0 radical (unpaired) electrons. The third-order valence-corrected chi connectivity index (χ3v) is 3.84. The number of hydrogen-bond donors (Lipinski definition) is 1. The zero-order valence-electron chi connectivity index (χ0n) is 10.3. The summed E-state index contributed by atoms with van der Waals surface area (Å²) >= 11 is 0. The fourth-order valence-corrected chi connectivity index (χ4v) is 3.18. The van der Waals surface area contributed by atoms with Crippen LogP contribution in [-0.2, 0) is 18.4 Å². The topological polar surface area (TPSA) is 72.8 Å². The third-order valence-electron chi connectivity index (χ3n) is 1.58. The van der Waals surface area contributed by atoms with Gasteiger partial charge in [-0.05, 0) is 27.7 Å². The van der Waals surface area contributed by atoms with Crippen molar-refractivity contribution in [3.05, 3.63) is 0 Å². The van der Waals surface area contributed by atoms with Crippen molar-refractivity contribution in [2.75, 3.05) is 12.8 Å². The number of hydrogen-bond acceptors (Lipinski definition) is 5. The largest absolute Gasteiger partial charge is 0.389 e. The van der Waals surface area contributed by atoms with Crippen LogP contribution in [0.15, 0.2) is 0 Å². The molecule has 0 unspecified atom stereocenters. The molecule has 96 valence electrons. The molecular weight excluding hydrogens is 231 g/mol. The van der Waals surface area contributed by atoms with Crippen molar-refractivity contribution < 1.29 is 23.5 Å². The average Bonchev–Trinajstić information content (AvgIpc) is 2.11. The van der Waals surface area contributed by atoms with Crippen LogP contribution < -0.4 is 0 Å². The van der Waals surface area contributed by atoms with Crippen LogP contribution in [0.25, 0.3) is 0 Å². The minimum atomic E-state index is -3.23. The highest BCUT2D eigenvalue weighted by atomic mass is 31.2. The molecule has 5 nitrogen and oxygen atoms in total. The highest BCUT2D eigenvalue weighted by molar-refractivity contribution is 7.53. The van der Waals surface area contributed by atoms with Gasteiger partial charge >= 0.3 is 7.60 Å². The summed E-state index contributed by atoms with van der Waals surface area (Å²) in [5.74, 6) is -0.361. The second-order valence-corrected chi connectivity index (χ2v) is 6.18. The van der Waals surface area contributed by atoms with E-state index in [0.717, 1.165) is 0 Å². The molecule has 0 aliphatic carbocycles. The van der Waals surface area contributed by atoms with Crippen LogP contribution in [-0.4, -0.2) is 35.9 Å². The first-order valence-corrected chi connectivity index (χ1v) is 7.10. The first-order chi connectivity index (χ1) is 7.29. The first kappa shape index (κ1) is 15.8. The second-order valence-electron chi connectivity index (χ2n) is 4.09. The van der Waals surface area contributed by atoms with Crippen LogP contribution in [0.2, 0.25) is 0 Å². The molecule has 0 saturated heterocycles. The lowest BCUT2D eigenvalue weighted by Gasteiger charge is -2.22. The van der Waals surface area contributed by atoms with Gasteiger partial charge in [0.25, 0.3) is 0 Å². The van der Waals surface area contributed by atoms with Gasteiger partial charge < -0.3 is 14.2 Å². The van der Waals surface area contributed by atoms with Gasteiger partial charge in [0.2, 0.25) is 0 Å². The minimum Gasteiger partial charge on any atom is -0.389 e. The van der Waals surface area contributed by atoms with Crippen LogP contribution in [0.1, 0.15) is 34.1 Å². The van der Waals surface area contributed by atoms with Crippen molar-refractivity contribution in [1.82, 2.24) is 0 Å². The van der Waals surface area contributed by atoms with Crippen molar-refractivity contribution in [2.24, 2.45) is 0 Å². The molecule has 0 aromatic rings. The van der Waals surface area contributed by atoms with E-state index in [1.54, 1.807) is 27.7 Å². The Bertz CT molecular complexity index is 248. The molecule has 0 amide bonds. The van der Waals surface area contributed by atoms with Gasteiger partial charge in [0, 0.05) is 6.42 Å². The maximum absolute atomic E-state index is 12.2. The maximum atomic E-state index is 12.2. The number of aliphatic hydroxyl groups excluding tert-OH is 1. The predicted molar refractivity (Wildman–Crippen MR) is 61.6 cm³/mol. The van der Waals surface area contributed by atoms with Gasteiger partial charge in [0.15, 0.2) is 5.78 Å². The molecule has 0 fully saturated rings. The molecule has 0 rings (SSSR count). The Morgan fingerprint density at radius 2 is 1.62 bits per heavy atom. The Labute approximate surface area is 96.7 Å². The van der Waals surface area contributed by atoms with E-state index < -0.39 is 14.2 Å². The number of carbonyl (C=O) groups excluding carboxylic acids is 1. The Morgan fingerprint density at radius 3 is 1.94 bits per heavy atom. The summed E-state index contributed by atoms with van der Waals surface area (Å²) in [5.41, 5.74) is 0. The van der Waals surface area contributed by atoms with Crippen LogP contribution in [0.5, 0.6) is 0 Å². The molecule has 6 heteroatoms.